The van der Waals surface area contributed by atoms with Crippen molar-refractivity contribution >= 4 is 23.5 Å². The fourth-order valence-electron chi connectivity index (χ4n) is 1.62. The highest BCUT2D eigenvalue weighted by atomic mass is 32.2. The van der Waals surface area contributed by atoms with Crippen molar-refractivity contribution in [3.8, 4) is 0 Å². The molecule has 0 atom stereocenters. The lowest BCUT2D eigenvalue weighted by Gasteiger charge is -2.11. The SMILES string of the molecule is C=CCn1c(N)nnc1SCc1ccc(N(C)C)nc1. The van der Waals surface area contributed by atoms with E-state index in [0.29, 0.717) is 12.5 Å². The molecule has 0 fully saturated rings. The molecule has 0 aliphatic heterocycles. The van der Waals surface area contributed by atoms with E-state index in [0.717, 1.165) is 22.3 Å². The highest BCUT2D eigenvalue weighted by Gasteiger charge is 2.09. The summed E-state index contributed by atoms with van der Waals surface area (Å²) in [5, 5.41) is 8.75. The average Bonchev–Trinajstić information content (AvgIpc) is 2.79. The molecule has 0 amide bonds. The van der Waals surface area contributed by atoms with Crippen molar-refractivity contribution < 1.29 is 0 Å². The Hall–Kier alpha value is -2.02. The lowest BCUT2D eigenvalue weighted by molar-refractivity contribution is 0.733. The number of nitrogen functional groups attached to an aromatic ring is 1. The number of nitrogens with zero attached hydrogens (tertiary/aromatic N) is 5. The van der Waals surface area contributed by atoms with Gasteiger partial charge in [0, 0.05) is 32.6 Å². The molecule has 2 heterocycles. The van der Waals surface area contributed by atoms with E-state index >= 15 is 0 Å². The Morgan fingerprint density at radius 2 is 2.20 bits per heavy atom. The maximum Gasteiger partial charge on any atom is 0.222 e. The van der Waals surface area contributed by atoms with Gasteiger partial charge in [0.25, 0.3) is 0 Å². The molecule has 20 heavy (non-hydrogen) atoms. The summed E-state index contributed by atoms with van der Waals surface area (Å²) in [6.07, 6.45) is 3.65. The summed E-state index contributed by atoms with van der Waals surface area (Å²) >= 11 is 1.58. The minimum absolute atomic E-state index is 0.411. The second-order valence-corrected chi connectivity index (χ2v) is 5.39. The molecule has 0 radical (unpaired) electrons. The van der Waals surface area contributed by atoms with E-state index in [9.17, 15) is 0 Å². The van der Waals surface area contributed by atoms with Gasteiger partial charge in [-0.25, -0.2) is 4.98 Å². The summed E-state index contributed by atoms with van der Waals surface area (Å²) in [6.45, 7) is 4.32. The summed E-state index contributed by atoms with van der Waals surface area (Å²) in [5.74, 6) is 2.13. The summed E-state index contributed by atoms with van der Waals surface area (Å²) in [5.41, 5.74) is 6.89. The van der Waals surface area contributed by atoms with Crippen molar-refractivity contribution in [3.63, 3.8) is 0 Å². The van der Waals surface area contributed by atoms with Gasteiger partial charge in [-0.2, -0.15) is 0 Å². The van der Waals surface area contributed by atoms with Crippen molar-refractivity contribution in [3.05, 3.63) is 36.5 Å². The Morgan fingerprint density at radius 3 is 2.80 bits per heavy atom. The van der Waals surface area contributed by atoms with Crippen LogP contribution in [-0.2, 0) is 12.3 Å². The topological polar surface area (TPSA) is 72.9 Å². The summed E-state index contributed by atoms with van der Waals surface area (Å²) in [4.78, 5) is 6.35. The zero-order valence-corrected chi connectivity index (χ0v) is 12.5. The first-order chi connectivity index (χ1) is 9.61. The van der Waals surface area contributed by atoms with E-state index in [1.807, 2.05) is 35.8 Å². The van der Waals surface area contributed by atoms with Gasteiger partial charge < -0.3 is 10.6 Å². The summed E-state index contributed by atoms with van der Waals surface area (Å²) in [6, 6.07) is 4.06. The number of nitrogens with two attached hydrogens (primary N) is 1. The lowest BCUT2D eigenvalue weighted by Crippen LogP contribution is -2.10. The maximum atomic E-state index is 5.76. The van der Waals surface area contributed by atoms with Crippen molar-refractivity contribution in [2.24, 2.45) is 0 Å². The monoisotopic (exact) mass is 290 g/mol. The van der Waals surface area contributed by atoms with Crippen molar-refractivity contribution in [2.45, 2.75) is 17.5 Å². The van der Waals surface area contributed by atoms with Crippen LogP contribution in [0.2, 0.25) is 0 Å². The smallest absolute Gasteiger partial charge is 0.222 e. The molecule has 0 spiro atoms. The predicted molar refractivity (Wildman–Crippen MR) is 82.8 cm³/mol. The number of hydrogen-bond acceptors (Lipinski definition) is 6. The number of aromatic nitrogens is 4. The zero-order valence-electron chi connectivity index (χ0n) is 11.7. The van der Waals surface area contributed by atoms with Crippen molar-refractivity contribution in [1.29, 1.82) is 0 Å². The van der Waals surface area contributed by atoms with Gasteiger partial charge in [0.05, 0.1) is 0 Å². The Kier molecular flexibility index (Phi) is 4.62. The highest BCUT2D eigenvalue weighted by molar-refractivity contribution is 7.98. The molecule has 0 bridgehead atoms. The Morgan fingerprint density at radius 1 is 1.40 bits per heavy atom. The van der Waals surface area contributed by atoms with E-state index in [2.05, 4.69) is 27.8 Å². The Balaban J connectivity index is 2.03. The number of rotatable bonds is 6. The molecule has 2 N–H and O–H groups in total. The molecule has 106 valence electrons. The van der Waals surface area contributed by atoms with Gasteiger partial charge in [0.15, 0.2) is 5.16 Å². The summed E-state index contributed by atoms with van der Waals surface area (Å²) in [7, 11) is 3.94. The van der Waals surface area contributed by atoms with Gasteiger partial charge in [-0.05, 0) is 11.6 Å². The third kappa shape index (κ3) is 3.30. The van der Waals surface area contributed by atoms with Crippen LogP contribution in [0.15, 0.2) is 36.1 Å². The second-order valence-electron chi connectivity index (χ2n) is 4.45. The maximum absolute atomic E-state index is 5.76. The Bertz CT molecular complexity index is 575. The van der Waals surface area contributed by atoms with E-state index in [1.54, 1.807) is 17.8 Å². The fraction of sp³-hybridized carbons (Fsp3) is 0.308. The third-order valence-corrected chi connectivity index (χ3v) is 3.73. The minimum atomic E-state index is 0.411. The molecule has 2 rings (SSSR count). The number of thioether (sulfide) groups is 1. The second kappa shape index (κ2) is 6.42. The molecule has 0 aliphatic rings. The highest BCUT2D eigenvalue weighted by Crippen LogP contribution is 2.23. The van der Waals surface area contributed by atoms with Gasteiger partial charge in [0.1, 0.15) is 5.82 Å². The standard InChI is InChI=1S/C13H18N6S/c1-4-7-19-12(14)16-17-13(19)20-9-10-5-6-11(15-8-10)18(2)3/h4-6,8H,1,7,9H2,2-3H3,(H2,14,16). The summed E-state index contributed by atoms with van der Waals surface area (Å²) < 4.78 is 1.83. The van der Waals surface area contributed by atoms with Crippen LogP contribution in [0.1, 0.15) is 5.56 Å². The van der Waals surface area contributed by atoms with Crippen molar-refractivity contribution in [2.75, 3.05) is 24.7 Å². The minimum Gasteiger partial charge on any atom is -0.368 e. The molecule has 0 unspecified atom stereocenters. The molecule has 0 aromatic carbocycles. The van der Waals surface area contributed by atoms with Crippen LogP contribution in [0, 0.1) is 0 Å². The number of allylic oxidation sites excluding steroid dienone is 1. The van der Waals surface area contributed by atoms with Crippen LogP contribution in [0.4, 0.5) is 11.8 Å². The van der Waals surface area contributed by atoms with Crippen LogP contribution in [0.3, 0.4) is 0 Å². The molecule has 2 aromatic heterocycles. The molecule has 2 aromatic rings. The number of hydrogen-bond donors (Lipinski definition) is 1. The van der Waals surface area contributed by atoms with Crippen LogP contribution < -0.4 is 10.6 Å². The van der Waals surface area contributed by atoms with Gasteiger partial charge >= 0.3 is 0 Å². The van der Waals surface area contributed by atoms with E-state index < -0.39 is 0 Å². The molecule has 7 heteroatoms. The average molecular weight is 290 g/mol. The van der Waals surface area contributed by atoms with Gasteiger partial charge in [0.2, 0.25) is 5.95 Å². The van der Waals surface area contributed by atoms with Crippen molar-refractivity contribution in [1.82, 2.24) is 19.7 Å². The zero-order chi connectivity index (χ0) is 14.5. The lowest BCUT2D eigenvalue weighted by atomic mass is 10.3. The molecule has 0 aliphatic carbocycles. The predicted octanol–water partition coefficient (Wildman–Crippen LogP) is 1.80. The van der Waals surface area contributed by atoms with Crippen LogP contribution in [-0.4, -0.2) is 33.8 Å². The number of anilines is 2. The molecule has 0 saturated heterocycles. The van der Waals surface area contributed by atoms with Gasteiger partial charge in [-0.15, -0.1) is 16.8 Å². The number of pyridine rings is 1. The fourth-order valence-corrected chi connectivity index (χ4v) is 2.51. The van der Waals surface area contributed by atoms with Crippen LogP contribution in [0.25, 0.3) is 0 Å². The molecular formula is C13H18N6S. The molecule has 0 saturated carbocycles. The largest absolute Gasteiger partial charge is 0.368 e. The van der Waals surface area contributed by atoms with E-state index in [1.165, 1.54) is 0 Å². The van der Waals surface area contributed by atoms with Crippen LogP contribution in [0.5, 0.6) is 0 Å². The van der Waals surface area contributed by atoms with E-state index in [4.69, 9.17) is 5.73 Å². The van der Waals surface area contributed by atoms with E-state index in [-0.39, 0.29) is 0 Å². The first-order valence-corrected chi connectivity index (χ1v) is 7.15. The third-order valence-electron chi connectivity index (χ3n) is 2.69. The van der Waals surface area contributed by atoms with Crippen LogP contribution >= 0.6 is 11.8 Å². The Labute approximate surface area is 122 Å². The van der Waals surface area contributed by atoms with Gasteiger partial charge in [-0.3, -0.25) is 4.57 Å². The molecule has 6 nitrogen and oxygen atoms in total. The quantitative estimate of drug-likeness (QED) is 0.646. The van der Waals surface area contributed by atoms with Gasteiger partial charge in [-0.1, -0.05) is 23.9 Å². The molecular weight excluding hydrogens is 272 g/mol. The first-order valence-electron chi connectivity index (χ1n) is 6.16. The first kappa shape index (κ1) is 14.4. The normalized spacial score (nSPS) is 10.5.